The van der Waals surface area contributed by atoms with Gasteiger partial charge in [-0.2, -0.15) is 0 Å². The first-order valence-corrected chi connectivity index (χ1v) is 6.30. The highest BCUT2D eigenvalue weighted by atomic mass is 16.3. The largest absolute Gasteiger partial charge is 0.506 e. The normalized spacial score (nSPS) is 11.8. The van der Waals surface area contributed by atoms with Crippen molar-refractivity contribution in [3.63, 3.8) is 0 Å². The van der Waals surface area contributed by atoms with Crippen molar-refractivity contribution in [2.75, 3.05) is 11.4 Å². The highest BCUT2D eigenvalue weighted by Gasteiger charge is 2.21. The Hall–Kier alpha value is -1.77. The van der Waals surface area contributed by atoms with Crippen LogP contribution in [-0.4, -0.2) is 22.2 Å². The number of rotatable bonds is 2. The summed E-state index contributed by atoms with van der Waals surface area (Å²) >= 11 is 0. The van der Waals surface area contributed by atoms with Crippen LogP contribution in [0.4, 0.5) is 5.82 Å². The number of para-hydroxylation sites is 1. The van der Waals surface area contributed by atoms with E-state index in [9.17, 15) is 5.11 Å². The molecule has 1 aromatic carbocycles. The number of phenolic OH excluding ortho intramolecular Hbond substituents is 1. The molecule has 0 atom stereocenters. The van der Waals surface area contributed by atoms with E-state index in [1.54, 1.807) is 6.07 Å². The second kappa shape index (κ2) is 4.48. The lowest BCUT2D eigenvalue weighted by atomic mass is 10.1. The Morgan fingerprint density at radius 2 is 1.89 bits per heavy atom. The number of aromatic nitrogens is 1. The van der Waals surface area contributed by atoms with E-state index in [4.69, 9.17) is 0 Å². The first-order valence-electron chi connectivity index (χ1n) is 6.30. The number of anilines is 1. The van der Waals surface area contributed by atoms with Gasteiger partial charge in [0.2, 0.25) is 0 Å². The zero-order valence-electron chi connectivity index (χ0n) is 11.4. The SMILES string of the molecule is CCN(c1ccc2cccc(O)c2n1)C(C)(C)C. The molecule has 0 spiro atoms. The summed E-state index contributed by atoms with van der Waals surface area (Å²) in [4.78, 5) is 6.81. The standard InChI is InChI=1S/C15H20N2O/c1-5-17(15(2,3)4)13-10-9-11-7-6-8-12(18)14(11)16-13/h6-10,18H,5H2,1-4H3. The Morgan fingerprint density at radius 1 is 1.17 bits per heavy atom. The van der Waals surface area contributed by atoms with E-state index in [0.29, 0.717) is 5.52 Å². The summed E-state index contributed by atoms with van der Waals surface area (Å²) in [5.74, 6) is 1.14. The lowest BCUT2D eigenvalue weighted by Crippen LogP contribution is -2.41. The Labute approximate surface area is 108 Å². The van der Waals surface area contributed by atoms with Crippen LogP contribution in [-0.2, 0) is 0 Å². The summed E-state index contributed by atoms with van der Waals surface area (Å²) < 4.78 is 0. The lowest BCUT2D eigenvalue weighted by Gasteiger charge is -2.36. The molecule has 2 aromatic rings. The van der Waals surface area contributed by atoms with Gasteiger partial charge in [0.1, 0.15) is 17.1 Å². The van der Waals surface area contributed by atoms with Gasteiger partial charge >= 0.3 is 0 Å². The molecule has 0 aliphatic carbocycles. The number of aromatic hydroxyl groups is 1. The smallest absolute Gasteiger partial charge is 0.141 e. The molecule has 1 N–H and O–H groups in total. The number of fused-ring (bicyclic) bond motifs is 1. The molecule has 1 heterocycles. The van der Waals surface area contributed by atoms with Gasteiger partial charge in [-0.25, -0.2) is 4.98 Å². The van der Waals surface area contributed by atoms with E-state index in [1.165, 1.54) is 0 Å². The van der Waals surface area contributed by atoms with Gasteiger partial charge in [0.05, 0.1) is 0 Å². The fraction of sp³-hybridized carbons (Fsp3) is 0.400. The zero-order chi connectivity index (χ0) is 13.3. The quantitative estimate of drug-likeness (QED) is 0.877. The van der Waals surface area contributed by atoms with Gasteiger partial charge in [-0.05, 0) is 45.9 Å². The van der Waals surface area contributed by atoms with Gasteiger partial charge in [0, 0.05) is 17.5 Å². The molecule has 18 heavy (non-hydrogen) atoms. The number of pyridine rings is 1. The summed E-state index contributed by atoms with van der Waals surface area (Å²) in [5.41, 5.74) is 0.678. The predicted octanol–water partition coefficient (Wildman–Crippen LogP) is 3.57. The Morgan fingerprint density at radius 3 is 2.50 bits per heavy atom. The fourth-order valence-electron chi connectivity index (χ4n) is 2.25. The molecule has 0 bridgehead atoms. The van der Waals surface area contributed by atoms with Crippen molar-refractivity contribution in [2.24, 2.45) is 0 Å². The fourth-order valence-corrected chi connectivity index (χ4v) is 2.25. The molecular weight excluding hydrogens is 224 g/mol. The first-order chi connectivity index (χ1) is 8.43. The molecule has 0 amide bonds. The molecule has 0 saturated heterocycles. The van der Waals surface area contributed by atoms with Crippen molar-refractivity contribution in [1.82, 2.24) is 4.98 Å². The third kappa shape index (κ3) is 2.26. The Bertz CT molecular complexity index is 558. The van der Waals surface area contributed by atoms with Gasteiger partial charge in [-0.1, -0.05) is 12.1 Å². The van der Waals surface area contributed by atoms with E-state index in [-0.39, 0.29) is 11.3 Å². The average molecular weight is 244 g/mol. The monoisotopic (exact) mass is 244 g/mol. The van der Waals surface area contributed by atoms with Gasteiger partial charge in [0.25, 0.3) is 0 Å². The zero-order valence-corrected chi connectivity index (χ0v) is 11.4. The van der Waals surface area contributed by atoms with Crippen LogP contribution < -0.4 is 4.90 Å². The molecular formula is C15H20N2O. The topological polar surface area (TPSA) is 36.4 Å². The van der Waals surface area contributed by atoms with Crippen LogP contribution in [0.15, 0.2) is 30.3 Å². The Balaban J connectivity index is 2.56. The minimum atomic E-state index is 0.0137. The molecule has 3 nitrogen and oxygen atoms in total. The third-order valence-electron chi connectivity index (χ3n) is 3.09. The van der Waals surface area contributed by atoms with Crippen LogP contribution in [0, 0.1) is 0 Å². The summed E-state index contributed by atoms with van der Waals surface area (Å²) in [6.45, 7) is 9.48. The molecule has 1 aromatic heterocycles. The molecule has 0 saturated carbocycles. The molecule has 2 rings (SSSR count). The van der Waals surface area contributed by atoms with Crippen LogP contribution in [0.5, 0.6) is 5.75 Å². The second-order valence-corrected chi connectivity index (χ2v) is 5.43. The van der Waals surface area contributed by atoms with Crippen LogP contribution in [0.1, 0.15) is 27.7 Å². The van der Waals surface area contributed by atoms with E-state index in [0.717, 1.165) is 17.7 Å². The lowest BCUT2D eigenvalue weighted by molar-refractivity contribution is 0.479. The third-order valence-corrected chi connectivity index (χ3v) is 3.09. The maximum Gasteiger partial charge on any atom is 0.141 e. The molecule has 3 heteroatoms. The number of hydrogen-bond donors (Lipinski definition) is 1. The number of nitrogens with zero attached hydrogens (tertiary/aromatic N) is 2. The molecule has 0 radical (unpaired) electrons. The van der Waals surface area contributed by atoms with E-state index in [2.05, 4.69) is 37.6 Å². The van der Waals surface area contributed by atoms with Gasteiger partial charge in [-0.3, -0.25) is 0 Å². The van der Waals surface area contributed by atoms with Gasteiger partial charge in [0.15, 0.2) is 0 Å². The van der Waals surface area contributed by atoms with Crippen molar-refractivity contribution < 1.29 is 5.11 Å². The minimum Gasteiger partial charge on any atom is -0.506 e. The molecule has 0 aliphatic rings. The highest BCUT2D eigenvalue weighted by molar-refractivity contribution is 5.85. The minimum absolute atomic E-state index is 0.0137. The number of phenols is 1. The summed E-state index contributed by atoms with van der Waals surface area (Å²) in [6.07, 6.45) is 0. The molecule has 0 unspecified atom stereocenters. The number of benzene rings is 1. The maximum atomic E-state index is 9.87. The molecule has 0 aliphatic heterocycles. The second-order valence-electron chi connectivity index (χ2n) is 5.43. The highest BCUT2D eigenvalue weighted by Crippen LogP contribution is 2.28. The van der Waals surface area contributed by atoms with Crippen molar-refractivity contribution in [3.8, 4) is 5.75 Å². The average Bonchev–Trinajstić information content (AvgIpc) is 2.29. The number of hydrogen-bond acceptors (Lipinski definition) is 3. The van der Waals surface area contributed by atoms with Crippen molar-refractivity contribution in [2.45, 2.75) is 33.2 Å². The molecule has 96 valence electrons. The van der Waals surface area contributed by atoms with Gasteiger partial charge < -0.3 is 10.0 Å². The van der Waals surface area contributed by atoms with E-state index >= 15 is 0 Å². The van der Waals surface area contributed by atoms with E-state index in [1.807, 2.05) is 24.3 Å². The van der Waals surface area contributed by atoms with Crippen LogP contribution in [0.25, 0.3) is 10.9 Å². The van der Waals surface area contributed by atoms with Crippen LogP contribution in [0.2, 0.25) is 0 Å². The summed E-state index contributed by atoms with van der Waals surface area (Å²) in [5, 5.41) is 10.8. The van der Waals surface area contributed by atoms with Crippen molar-refractivity contribution in [3.05, 3.63) is 30.3 Å². The van der Waals surface area contributed by atoms with Crippen LogP contribution in [0.3, 0.4) is 0 Å². The molecule has 0 fully saturated rings. The summed E-state index contributed by atoms with van der Waals surface area (Å²) in [6, 6.07) is 9.48. The van der Waals surface area contributed by atoms with Gasteiger partial charge in [-0.15, -0.1) is 0 Å². The summed E-state index contributed by atoms with van der Waals surface area (Å²) in [7, 11) is 0. The maximum absolute atomic E-state index is 9.87. The predicted molar refractivity (Wildman–Crippen MR) is 76.2 cm³/mol. The van der Waals surface area contributed by atoms with E-state index < -0.39 is 0 Å². The Kier molecular flexibility index (Phi) is 3.16. The first kappa shape index (κ1) is 12.7. The van der Waals surface area contributed by atoms with Crippen molar-refractivity contribution in [1.29, 1.82) is 0 Å². The van der Waals surface area contributed by atoms with Crippen LogP contribution >= 0.6 is 0 Å². The van der Waals surface area contributed by atoms with Crippen molar-refractivity contribution >= 4 is 16.7 Å².